The molecule has 24 heavy (non-hydrogen) atoms. The first-order valence-corrected chi connectivity index (χ1v) is 7.60. The van der Waals surface area contributed by atoms with Crippen LogP contribution in [0.2, 0.25) is 0 Å². The van der Waals surface area contributed by atoms with Crippen molar-refractivity contribution in [3.63, 3.8) is 0 Å². The normalized spacial score (nSPS) is 12.2. The van der Waals surface area contributed by atoms with Crippen LogP contribution in [0.4, 0.5) is 0 Å². The van der Waals surface area contributed by atoms with Gasteiger partial charge in [0.25, 0.3) is 0 Å². The summed E-state index contributed by atoms with van der Waals surface area (Å²) in [6.45, 7) is 2.39. The van der Waals surface area contributed by atoms with Crippen molar-refractivity contribution in [2.45, 2.75) is 19.6 Å². The molecule has 0 fully saturated rings. The minimum Gasteiger partial charge on any atom is -0.491 e. The molecule has 3 aromatic rings. The van der Waals surface area contributed by atoms with E-state index in [0.29, 0.717) is 12.3 Å². The monoisotopic (exact) mass is 326 g/mol. The highest BCUT2D eigenvalue weighted by molar-refractivity contribution is 5.87. The Morgan fingerprint density at radius 1 is 1.21 bits per heavy atom. The lowest BCUT2D eigenvalue weighted by Gasteiger charge is -2.15. The number of carboxylic acid groups (broad SMARTS) is 1. The molecule has 0 aliphatic rings. The number of aromatic nitrogens is 2. The highest BCUT2D eigenvalue weighted by Crippen LogP contribution is 2.17. The zero-order chi connectivity index (χ0) is 17.1. The smallest absolute Gasteiger partial charge is 0.335 e. The Kier molecular flexibility index (Phi) is 4.48. The fraction of sp³-hybridized carbons (Fsp3) is 0.222. The van der Waals surface area contributed by atoms with E-state index in [2.05, 4.69) is 4.98 Å². The Balaban J connectivity index is 1.64. The zero-order valence-corrected chi connectivity index (χ0v) is 13.2. The van der Waals surface area contributed by atoms with Crippen molar-refractivity contribution < 1.29 is 19.7 Å². The lowest BCUT2D eigenvalue weighted by Crippen LogP contribution is -2.24. The highest BCUT2D eigenvalue weighted by Gasteiger charge is 2.12. The molecule has 0 aliphatic carbocycles. The summed E-state index contributed by atoms with van der Waals surface area (Å²) in [7, 11) is 0. The van der Waals surface area contributed by atoms with Gasteiger partial charge in [-0.15, -0.1) is 0 Å². The Bertz CT molecular complexity index is 855. The maximum atomic E-state index is 10.8. The fourth-order valence-corrected chi connectivity index (χ4v) is 2.58. The lowest BCUT2D eigenvalue weighted by molar-refractivity contribution is 0.0696. The van der Waals surface area contributed by atoms with Crippen LogP contribution in [0.15, 0.2) is 48.5 Å². The molecular weight excluding hydrogens is 308 g/mol. The number of benzene rings is 2. The number of carbonyl (C=O) groups is 1. The maximum Gasteiger partial charge on any atom is 0.335 e. The molecule has 6 heteroatoms. The first-order chi connectivity index (χ1) is 11.5. The quantitative estimate of drug-likeness (QED) is 0.727. The second-order valence-corrected chi connectivity index (χ2v) is 5.55. The Morgan fingerprint density at radius 2 is 1.92 bits per heavy atom. The molecule has 0 saturated carbocycles. The molecular formula is C18H18N2O4. The van der Waals surface area contributed by atoms with Crippen molar-refractivity contribution in [1.82, 2.24) is 9.55 Å². The molecule has 124 valence electrons. The molecule has 0 unspecified atom stereocenters. The molecule has 0 spiro atoms. The molecule has 3 rings (SSSR count). The summed E-state index contributed by atoms with van der Waals surface area (Å²) in [6, 6.07) is 13.9. The Labute approximate surface area is 138 Å². The highest BCUT2D eigenvalue weighted by atomic mass is 16.5. The number of hydrogen-bond acceptors (Lipinski definition) is 4. The average molecular weight is 326 g/mol. The number of fused-ring (bicyclic) bond motifs is 1. The summed E-state index contributed by atoms with van der Waals surface area (Å²) in [5.41, 5.74) is 2.07. The van der Waals surface area contributed by atoms with Gasteiger partial charge in [0.05, 0.1) is 23.1 Å². The molecule has 6 nitrogen and oxygen atoms in total. The van der Waals surface area contributed by atoms with E-state index in [-0.39, 0.29) is 12.2 Å². The molecule has 1 heterocycles. The second kappa shape index (κ2) is 6.72. The number of rotatable bonds is 6. The number of aliphatic hydroxyl groups is 1. The van der Waals surface area contributed by atoms with E-state index in [0.717, 1.165) is 16.9 Å². The van der Waals surface area contributed by atoms with E-state index in [1.165, 1.54) is 12.1 Å². The number of aromatic carboxylic acids is 1. The van der Waals surface area contributed by atoms with Gasteiger partial charge in [0.15, 0.2) is 0 Å². The third-order valence-electron chi connectivity index (χ3n) is 3.78. The lowest BCUT2D eigenvalue weighted by atomic mass is 10.2. The van der Waals surface area contributed by atoms with Gasteiger partial charge in [-0.1, -0.05) is 12.1 Å². The predicted molar refractivity (Wildman–Crippen MR) is 89.4 cm³/mol. The van der Waals surface area contributed by atoms with Gasteiger partial charge in [-0.05, 0) is 43.3 Å². The van der Waals surface area contributed by atoms with Gasteiger partial charge in [-0.2, -0.15) is 0 Å². The topological polar surface area (TPSA) is 84.6 Å². The van der Waals surface area contributed by atoms with Crippen LogP contribution < -0.4 is 4.74 Å². The maximum absolute atomic E-state index is 10.8. The summed E-state index contributed by atoms with van der Waals surface area (Å²) in [5.74, 6) is 0.372. The van der Waals surface area contributed by atoms with Gasteiger partial charge < -0.3 is 19.5 Å². The van der Waals surface area contributed by atoms with E-state index in [1.807, 2.05) is 35.8 Å². The summed E-state index contributed by atoms with van der Waals surface area (Å²) in [6.07, 6.45) is -0.708. The Morgan fingerprint density at radius 3 is 2.62 bits per heavy atom. The third kappa shape index (κ3) is 3.38. The fourth-order valence-electron chi connectivity index (χ4n) is 2.58. The Hall–Kier alpha value is -2.86. The number of carboxylic acids is 1. The van der Waals surface area contributed by atoms with Crippen molar-refractivity contribution >= 4 is 17.0 Å². The molecule has 2 N–H and O–H groups in total. The van der Waals surface area contributed by atoms with Gasteiger partial charge in [-0.3, -0.25) is 0 Å². The van der Waals surface area contributed by atoms with Crippen molar-refractivity contribution in [3.8, 4) is 5.75 Å². The molecule has 2 aromatic carbocycles. The number of para-hydroxylation sites is 2. The van der Waals surface area contributed by atoms with Crippen LogP contribution in [-0.2, 0) is 6.54 Å². The van der Waals surface area contributed by atoms with Crippen molar-refractivity contribution in [2.24, 2.45) is 0 Å². The molecule has 0 amide bonds. The number of aryl methyl sites for hydroxylation is 1. The van der Waals surface area contributed by atoms with Crippen molar-refractivity contribution in [2.75, 3.05) is 6.61 Å². The van der Waals surface area contributed by atoms with Crippen LogP contribution >= 0.6 is 0 Å². The van der Waals surface area contributed by atoms with Crippen LogP contribution in [0.1, 0.15) is 16.2 Å². The van der Waals surface area contributed by atoms with Crippen molar-refractivity contribution in [3.05, 3.63) is 59.9 Å². The van der Waals surface area contributed by atoms with E-state index >= 15 is 0 Å². The standard InChI is InChI=1S/C18H18N2O4/c1-12-19-16-4-2-3-5-17(16)20(12)10-14(21)11-24-15-8-6-13(7-9-15)18(22)23/h2-9,14,21H,10-11H2,1H3,(H,22,23)/t14-/m0/s1. The van der Waals surface area contributed by atoms with Gasteiger partial charge in [0.1, 0.15) is 24.3 Å². The van der Waals surface area contributed by atoms with E-state index < -0.39 is 12.1 Å². The predicted octanol–water partition coefficient (Wildman–Crippen LogP) is 2.48. The van der Waals surface area contributed by atoms with Crippen LogP contribution in [0, 0.1) is 6.92 Å². The molecule has 1 aromatic heterocycles. The first kappa shape index (κ1) is 16.0. The minimum atomic E-state index is -0.982. The average Bonchev–Trinajstić information content (AvgIpc) is 2.89. The number of ether oxygens (including phenoxy) is 1. The van der Waals surface area contributed by atoms with E-state index in [9.17, 15) is 9.90 Å². The van der Waals surface area contributed by atoms with Gasteiger partial charge in [0.2, 0.25) is 0 Å². The zero-order valence-electron chi connectivity index (χ0n) is 13.2. The molecule has 0 aliphatic heterocycles. The van der Waals surface area contributed by atoms with Gasteiger partial charge in [-0.25, -0.2) is 9.78 Å². The number of imidazole rings is 1. The second-order valence-electron chi connectivity index (χ2n) is 5.55. The van der Waals surface area contributed by atoms with Crippen LogP contribution in [0.3, 0.4) is 0 Å². The molecule has 0 saturated heterocycles. The number of aliphatic hydroxyl groups excluding tert-OH is 1. The van der Waals surface area contributed by atoms with Crippen LogP contribution in [0.5, 0.6) is 5.75 Å². The summed E-state index contributed by atoms with van der Waals surface area (Å²) in [5, 5.41) is 19.1. The van der Waals surface area contributed by atoms with Gasteiger partial charge >= 0.3 is 5.97 Å². The largest absolute Gasteiger partial charge is 0.491 e. The summed E-state index contributed by atoms with van der Waals surface area (Å²) in [4.78, 5) is 15.3. The SMILES string of the molecule is Cc1nc2ccccc2n1C[C@H](O)COc1ccc(C(=O)O)cc1. The summed E-state index contributed by atoms with van der Waals surface area (Å²) >= 11 is 0. The van der Waals surface area contributed by atoms with Crippen LogP contribution in [0.25, 0.3) is 11.0 Å². The van der Waals surface area contributed by atoms with Crippen molar-refractivity contribution in [1.29, 1.82) is 0 Å². The third-order valence-corrected chi connectivity index (χ3v) is 3.78. The van der Waals surface area contributed by atoms with E-state index in [1.54, 1.807) is 12.1 Å². The molecule has 0 bridgehead atoms. The first-order valence-electron chi connectivity index (χ1n) is 7.60. The van der Waals surface area contributed by atoms with Gasteiger partial charge in [0, 0.05) is 0 Å². The summed E-state index contributed by atoms with van der Waals surface area (Å²) < 4.78 is 7.48. The number of nitrogens with zero attached hydrogens (tertiary/aromatic N) is 2. The van der Waals surface area contributed by atoms with Crippen LogP contribution in [-0.4, -0.2) is 38.4 Å². The number of hydrogen-bond donors (Lipinski definition) is 2. The molecule has 0 radical (unpaired) electrons. The minimum absolute atomic E-state index is 0.109. The van der Waals surface area contributed by atoms with E-state index in [4.69, 9.17) is 9.84 Å². The molecule has 1 atom stereocenters.